The van der Waals surface area contributed by atoms with Gasteiger partial charge in [0, 0.05) is 12.5 Å². The van der Waals surface area contributed by atoms with Gasteiger partial charge in [0.15, 0.2) is 5.82 Å². The largest absolute Gasteiger partial charge is 0.271 e. The Labute approximate surface area is 107 Å². The van der Waals surface area contributed by atoms with Gasteiger partial charge in [0.25, 0.3) is 0 Å². The Bertz CT molecular complexity index is 403. The molecule has 100 valence electrons. The second-order valence-corrected chi connectivity index (χ2v) is 5.93. The SMILES string of the molecule is Cn1nnc(CC(CC2CC3CCC2C3)NN)n1. The zero-order chi connectivity index (χ0) is 12.5. The Morgan fingerprint density at radius 1 is 1.44 bits per heavy atom. The standard InChI is InChI=1S/C12H22N6/c1-18-16-12(15-17-18)7-11(14-13)6-10-5-8-2-3-9(10)4-8/h8-11,14H,2-7,13H2,1H3. The van der Waals surface area contributed by atoms with Crippen molar-refractivity contribution in [1.29, 1.82) is 0 Å². The highest BCUT2D eigenvalue weighted by Crippen LogP contribution is 2.49. The maximum atomic E-state index is 5.67. The van der Waals surface area contributed by atoms with E-state index in [2.05, 4.69) is 20.8 Å². The van der Waals surface area contributed by atoms with Crippen molar-refractivity contribution in [3.8, 4) is 0 Å². The summed E-state index contributed by atoms with van der Waals surface area (Å²) >= 11 is 0. The number of aryl methyl sites for hydroxylation is 1. The lowest BCUT2D eigenvalue weighted by Crippen LogP contribution is -2.39. The maximum absolute atomic E-state index is 5.67. The first-order valence-electron chi connectivity index (χ1n) is 6.93. The van der Waals surface area contributed by atoms with Crippen LogP contribution in [0.2, 0.25) is 0 Å². The van der Waals surface area contributed by atoms with Gasteiger partial charge >= 0.3 is 0 Å². The first kappa shape index (κ1) is 12.0. The first-order valence-corrected chi connectivity index (χ1v) is 6.93. The fraction of sp³-hybridized carbons (Fsp3) is 0.917. The fourth-order valence-electron chi connectivity index (χ4n) is 3.87. The van der Waals surface area contributed by atoms with Crippen LogP contribution in [0.15, 0.2) is 0 Å². The van der Waals surface area contributed by atoms with Crippen molar-refractivity contribution in [3.05, 3.63) is 5.82 Å². The molecule has 0 spiro atoms. The van der Waals surface area contributed by atoms with Crippen LogP contribution in [0.3, 0.4) is 0 Å². The number of tetrazole rings is 1. The van der Waals surface area contributed by atoms with Gasteiger partial charge in [-0.1, -0.05) is 6.42 Å². The lowest BCUT2D eigenvalue weighted by Gasteiger charge is -2.25. The van der Waals surface area contributed by atoms with Crippen molar-refractivity contribution >= 4 is 0 Å². The molecule has 18 heavy (non-hydrogen) atoms. The molecule has 0 aromatic carbocycles. The van der Waals surface area contributed by atoms with Crippen LogP contribution < -0.4 is 11.3 Å². The quantitative estimate of drug-likeness (QED) is 0.584. The van der Waals surface area contributed by atoms with Gasteiger partial charge in [0.2, 0.25) is 0 Å². The van der Waals surface area contributed by atoms with E-state index in [1.165, 1.54) is 30.5 Å². The highest BCUT2D eigenvalue weighted by molar-refractivity contribution is 4.93. The molecule has 3 rings (SSSR count). The van der Waals surface area contributed by atoms with Crippen molar-refractivity contribution < 1.29 is 0 Å². The van der Waals surface area contributed by atoms with E-state index in [-0.39, 0.29) is 6.04 Å². The molecule has 4 atom stereocenters. The van der Waals surface area contributed by atoms with E-state index in [0.717, 1.165) is 36.4 Å². The van der Waals surface area contributed by atoms with Crippen LogP contribution in [0.5, 0.6) is 0 Å². The zero-order valence-electron chi connectivity index (χ0n) is 10.9. The summed E-state index contributed by atoms with van der Waals surface area (Å²) in [5, 5.41) is 12.1. The molecule has 1 aromatic rings. The molecule has 0 saturated heterocycles. The molecule has 1 heterocycles. The van der Waals surface area contributed by atoms with Crippen molar-refractivity contribution in [2.24, 2.45) is 30.6 Å². The van der Waals surface area contributed by atoms with Gasteiger partial charge in [-0.25, -0.2) is 0 Å². The first-order chi connectivity index (χ1) is 8.74. The average Bonchev–Trinajstić information content (AvgIpc) is 3.05. The molecule has 0 aliphatic heterocycles. The van der Waals surface area contributed by atoms with E-state index in [4.69, 9.17) is 5.84 Å². The molecule has 2 aliphatic carbocycles. The van der Waals surface area contributed by atoms with E-state index >= 15 is 0 Å². The van der Waals surface area contributed by atoms with Gasteiger partial charge in [0.1, 0.15) is 0 Å². The molecule has 3 N–H and O–H groups in total. The van der Waals surface area contributed by atoms with E-state index in [9.17, 15) is 0 Å². The molecule has 2 fully saturated rings. The topological polar surface area (TPSA) is 81.7 Å². The number of aromatic nitrogens is 4. The summed E-state index contributed by atoms with van der Waals surface area (Å²) in [4.78, 5) is 1.50. The molecule has 6 heteroatoms. The molecule has 6 nitrogen and oxygen atoms in total. The smallest absolute Gasteiger partial charge is 0.176 e. The van der Waals surface area contributed by atoms with Crippen molar-refractivity contribution in [1.82, 2.24) is 25.6 Å². The number of hydrogen-bond acceptors (Lipinski definition) is 5. The number of nitrogens with zero attached hydrogens (tertiary/aromatic N) is 4. The summed E-state index contributed by atoms with van der Waals surface area (Å²) in [5.74, 6) is 9.24. The number of hydrazine groups is 1. The molecule has 1 aromatic heterocycles. The zero-order valence-corrected chi connectivity index (χ0v) is 10.9. The Morgan fingerprint density at radius 2 is 2.33 bits per heavy atom. The Balaban J connectivity index is 1.56. The molecule has 2 aliphatic rings. The van der Waals surface area contributed by atoms with E-state index in [1.54, 1.807) is 7.05 Å². The third kappa shape index (κ3) is 2.40. The van der Waals surface area contributed by atoms with Gasteiger partial charge < -0.3 is 0 Å². The molecular weight excluding hydrogens is 228 g/mol. The molecule has 2 bridgehead atoms. The van der Waals surface area contributed by atoms with Crippen LogP contribution in [0, 0.1) is 17.8 Å². The normalized spacial score (nSPS) is 32.0. The maximum Gasteiger partial charge on any atom is 0.176 e. The minimum absolute atomic E-state index is 0.276. The van der Waals surface area contributed by atoms with Gasteiger partial charge in [-0.3, -0.25) is 11.3 Å². The van der Waals surface area contributed by atoms with Crippen LogP contribution in [-0.4, -0.2) is 26.2 Å². The predicted octanol–water partition coefficient (Wildman–Crippen LogP) is 0.411. The number of rotatable bonds is 5. The Kier molecular flexibility index (Phi) is 3.30. The minimum Gasteiger partial charge on any atom is -0.271 e. The van der Waals surface area contributed by atoms with Gasteiger partial charge in [-0.2, -0.15) is 4.80 Å². The third-order valence-electron chi connectivity index (χ3n) is 4.69. The lowest BCUT2D eigenvalue weighted by molar-refractivity contribution is 0.276. The van der Waals surface area contributed by atoms with Crippen LogP contribution in [0.4, 0.5) is 0 Å². The fourth-order valence-corrected chi connectivity index (χ4v) is 3.87. The second-order valence-electron chi connectivity index (χ2n) is 5.93. The molecule has 0 amide bonds. The molecular formula is C12H22N6. The summed E-state index contributed by atoms with van der Waals surface area (Å²) in [6.45, 7) is 0. The van der Waals surface area contributed by atoms with Gasteiger partial charge in [-0.15, -0.1) is 10.2 Å². The molecule has 0 radical (unpaired) electrons. The summed E-state index contributed by atoms with van der Waals surface area (Å²) < 4.78 is 0. The van der Waals surface area contributed by atoms with Crippen molar-refractivity contribution in [2.45, 2.75) is 44.6 Å². The summed E-state index contributed by atoms with van der Waals surface area (Å²) in [6, 6.07) is 0.276. The molecule has 2 saturated carbocycles. The van der Waals surface area contributed by atoms with Crippen molar-refractivity contribution in [2.75, 3.05) is 0 Å². The van der Waals surface area contributed by atoms with E-state index in [0.29, 0.717) is 0 Å². The van der Waals surface area contributed by atoms with Crippen LogP contribution >= 0.6 is 0 Å². The Hall–Kier alpha value is -1.01. The van der Waals surface area contributed by atoms with Gasteiger partial charge in [0.05, 0.1) is 7.05 Å². The highest BCUT2D eigenvalue weighted by atomic mass is 15.6. The van der Waals surface area contributed by atoms with Crippen LogP contribution in [0.1, 0.15) is 37.9 Å². The van der Waals surface area contributed by atoms with E-state index < -0.39 is 0 Å². The predicted molar refractivity (Wildman–Crippen MR) is 67.2 cm³/mol. The molecule has 4 unspecified atom stereocenters. The summed E-state index contributed by atoms with van der Waals surface area (Å²) in [7, 11) is 1.79. The van der Waals surface area contributed by atoms with Crippen LogP contribution in [-0.2, 0) is 13.5 Å². The van der Waals surface area contributed by atoms with Gasteiger partial charge in [-0.05, 0) is 48.7 Å². The van der Waals surface area contributed by atoms with Crippen molar-refractivity contribution in [3.63, 3.8) is 0 Å². The number of fused-ring (bicyclic) bond motifs is 2. The summed E-state index contributed by atoms with van der Waals surface area (Å²) in [5.41, 5.74) is 2.93. The number of hydrogen-bond donors (Lipinski definition) is 2. The number of nitrogens with two attached hydrogens (primary N) is 1. The monoisotopic (exact) mass is 250 g/mol. The second kappa shape index (κ2) is 4.93. The minimum atomic E-state index is 0.276. The van der Waals surface area contributed by atoms with E-state index in [1.807, 2.05) is 0 Å². The third-order valence-corrected chi connectivity index (χ3v) is 4.69. The average molecular weight is 250 g/mol. The van der Waals surface area contributed by atoms with Crippen LogP contribution in [0.25, 0.3) is 0 Å². The summed E-state index contributed by atoms with van der Waals surface area (Å²) in [6.07, 6.45) is 7.65. The number of nitrogens with one attached hydrogen (secondary N) is 1. The highest BCUT2D eigenvalue weighted by Gasteiger charge is 2.40. The Morgan fingerprint density at radius 3 is 2.89 bits per heavy atom. The lowest BCUT2D eigenvalue weighted by atomic mass is 9.83.